The Kier molecular flexibility index (Phi) is 9.25. The highest BCUT2D eigenvalue weighted by Crippen LogP contribution is 2.54. The molecule has 1 aliphatic carbocycles. The largest absolute Gasteiger partial charge is 0.497 e. The van der Waals surface area contributed by atoms with Crippen LogP contribution in [0.3, 0.4) is 0 Å². The lowest BCUT2D eigenvalue weighted by Gasteiger charge is -2.56. The highest BCUT2D eigenvalue weighted by atomic mass is 16.5. The number of amides is 3. The van der Waals surface area contributed by atoms with E-state index in [1.807, 2.05) is 32.7 Å². The van der Waals surface area contributed by atoms with Gasteiger partial charge in [0, 0.05) is 74.1 Å². The van der Waals surface area contributed by atoms with Crippen molar-refractivity contribution in [2.75, 3.05) is 46.5 Å². The molecular weight excluding hydrogens is 596 g/mol. The smallest absolute Gasteiger partial charge is 0.228 e. The SMILES string of the molecule is COc1ccc2[nH]c3c(c2c1)CCN1C(=O)C(CC(=O)NCCCn2ccnc2)C[C@H](C(=O)N2CCOCC2)[C@@]31CCC1CCCC1. The molecule has 3 aliphatic heterocycles. The molecule has 7 rings (SSSR count). The van der Waals surface area contributed by atoms with Gasteiger partial charge in [-0.3, -0.25) is 14.4 Å². The van der Waals surface area contributed by atoms with Gasteiger partial charge in [-0.2, -0.15) is 0 Å². The maximum atomic E-state index is 14.8. The fourth-order valence-corrected chi connectivity index (χ4v) is 8.85. The maximum Gasteiger partial charge on any atom is 0.228 e. The Morgan fingerprint density at radius 3 is 2.77 bits per heavy atom. The van der Waals surface area contributed by atoms with Crippen molar-refractivity contribution >= 4 is 28.6 Å². The van der Waals surface area contributed by atoms with Crippen LogP contribution in [0.2, 0.25) is 0 Å². The molecule has 0 radical (unpaired) electrons. The molecule has 0 spiro atoms. The number of benzene rings is 1. The van der Waals surface area contributed by atoms with Gasteiger partial charge in [-0.25, -0.2) is 4.98 Å². The van der Waals surface area contributed by atoms with Crippen molar-refractivity contribution in [1.29, 1.82) is 0 Å². The van der Waals surface area contributed by atoms with Crippen LogP contribution in [0.1, 0.15) is 69.0 Å². The average molecular weight is 645 g/mol. The minimum atomic E-state index is -0.799. The van der Waals surface area contributed by atoms with E-state index < -0.39 is 17.4 Å². The van der Waals surface area contributed by atoms with Crippen LogP contribution in [-0.4, -0.2) is 88.6 Å². The molecule has 252 valence electrons. The predicted octanol–water partition coefficient (Wildman–Crippen LogP) is 4.01. The lowest BCUT2D eigenvalue weighted by Crippen LogP contribution is -2.66. The van der Waals surface area contributed by atoms with Gasteiger partial charge in [-0.15, -0.1) is 0 Å². The second-order valence-corrected chi connectivity index (χ2v) is 13.9. The minimum Gasteiger partial charge on any atom is -0.497 e. The van der Waals surface area contributed by atoms with E-state index in [-0.39, 0.29) is 24.1 Å². The number of hydrogen-bond donors (Lipinski definition) is 2. The molecule has 3 amide bonds. The van der Waals surface area contributed by atoms with Gasteiger partial charge < -0.3 is 34.1 Å². The second-order valence-electron chi connectivity index (χ2n) is 13.9. The number of imidazole rings is 1. The molecule has 5 heterocycles. The molecule has 2 saturated heterocycles. The minimum absolute atomic E-state index is 0.00194. The lowest BCUT2D eigenvalue weighted by molar-refractivity contribution is -0.169. The van der Waals surface area contributed by atoms with Crippen LogP contribution in [0.25, 0.3) is 10.9 Å². The van der Waals surface area contributed by atoms with E-state index >= 15 is 0 Å². The number of rotatable bonds is 11. The van der Waals surface area contributed by atoms with Gasteiger partial charge in [0.05, 0.1) is 38.1 Å². The summed E-state index contributed by atoms with van der Waals surface area (Å²) < 4.78 is 13.2. The van der Waals surface area contributed by atoms with Gasteiger partial charge in [0.25, 0.3) is 0 Å². The Hall–Kier alpha value is -3.86. The predicted molar refractivity (Wildman–Crippen MR) is 177 cm³/mol. The zero-order valence-electron chi connectivity index (χ0n) is 27.5. The van der Waals surface area contributed by atoms with Gasteiger partial charge >= 0.3 is 0 Å². The Balaban J connectivity index is 1.22. The molecule has 11 nitrogen and oxygen atoms in total. The number of nitrogens with one attached hydrogen (secondary N) is 2. The first kappa shape index (κ1) is 31.7. The number of H-pyrrole nitrogens is 1. The number of carbonyl (C=O) groups excluding carboxylic acids is 3. The van der Waals surface area contributed by atoms with Gasteiger partial charge in [0.2, 0.25) is 17.7 Å². The molecule has 2 aromatic heterocycles. The van der Waals surface area contributed by atoms with E-state index in [0.717, 1.165) is 48.2 Å². The third-order valence-corrected chi connectivity index (χ3v) is 11.3. The van der Waals surface area contributed by atoms with Crippen molar-refractivity contribution in [3.05, 3.63) is 48.2 Å². The molecule has 2 N–H and O–H groups in total. The fourth-order valence-electron chi connectivity index (χ4n) is 8.85. The number of hydrogen-bond acceptors (Lipinski definition) is 6. The van der Waals surface area contributed by atoms with Crippen molar-refractivity contribution < 1.29 is 23.9 Å². The average Bonchev–Trinajstić information content (AvgIpc) is 3.89. The number of methoxy groups -OCH3 is 1. The summed E-state index contributed by atoms with van der Waals surface area (Å²) in [5.41, 5.74) is 2.39. The highest BCUT2D eigenvalue weighted by Gasteiger charge is 2.59. The summed E-state index contributed by atoms with van der Waals surface area (Å²) in [7, 11) is 1.68. The molecule has 4 aliphatic rings. The highest BCUT2D eigenvalue weighted by molar-refractivity contribution is 5.93. The Morgan fingerprint density at radius 1 is 1.17 bits per heavy atom. The van der Waals surface area contributed by atoms with Crippen LogP contribution in [-0.2, 0) is 37.6 Å². The van der Waals surface area contributed by atoms with E-state index in [2.05, 4.69) is 21.4 Å². The third kappa shape index (κ3) is 6.14. The molecular formula is C36H48N6O5. The third-order valence-electron chi connectivity index (χ3n) is 11.3. The number of carbonyl (C=O) groups is 3. The molecule has 1 aromatic carbocycles. The summed E-state index contributed by atoms with van der Waals surface area (Å²) in [6.45, 7) is 3.91. The number of fused-ring (bicyclic) bond motifs is 5. The van der Waals surface area contributed by atoms with Crippen molar-refractivity contribution in [2.24, 2.45) is 17.8 Å². The van der Waals surface area contributed by atoms with E-state index in [0.29, 0.717) is 58.2 Å². The van der Waals surface area contributed by atoms with Gasteiger partial charge in [-0.1, -0.05) is 25.7 Å². The first-order chi connectivity index (χ1) is 23.0. The fraction of sp³-hybridized carbons (Fsp3) is 0.611. The summed E-state index contributed by atoms with van der Waals surface area (Å²) in [6.07, 6.45) is 13.9. The van der Waals surface area contributed by atoms with Gasteiger partial charge in [0.15, 0.2) is 0 Å². The number of aryl methyl sites for hydroxylation is 1. The van der Waals surface area contributed by atoms with Crippen LogP contribution >= 0.6 is 0 Å². The van der Waals surface area contributed by atoms with Crippen LogP contribution in [0, 0.1) is 17.8 Å². The zero-order valence-corrected chi connectivity index (χ0v) is 27.5. The van der Waals surface area contributed by atoms with Crippen LogP contribution in [0.15, 0.2) is 36.9 Å². The molecule has 3 atom stereocenters. The summed E-state index contributed by atoms with van der Waals surface area (Å²) in [5.74, 6) is 0.307. The standard InChI is InChI=1S/C36H48N6O5/c1-46-27-7-8-31-29(23-27)28-10-15-42-34(44)26(22-32(43)38-12-4-14-40-16-13-37-24-40)21-30(35(45)41-17-19-47-20-18-41)36(42,33(28)39-31)11-9-25-5-2-3-6-25/h7-8,13,16,23-26,30,39H,2-6,9-12,14-15,17-22H2,1H3,(H,38,43)/t26?,30-,36+/m1/s1. The van der Waals surface area contributed by atoms with Crippen molar-refractivity contribution in [3.63, 3.8) is 0 Å². The summed E-state index contributed by atoms with van der Waals surface area (Å²) >= 11 is 0. The normalized spacial score (nSPS) is 24.7. The van der Waals surface area contributed by atoms with Crippen LogP contribution in [0.4, 0.5) is 0 Å². The Bertz CT molecular complexity index is 1570. The van der Waals surface area contributed by atoms with Crippen molar-refractivity contribution in [3.8, 4) is 5.75 Å². The second kappa shape index (κ2) is 13.7. The van der Waals surface area contributed by atoms with Crippen molar-refractivity contribution in [1.82, 2.24) is 29.7 Å². The van der Waals surface area contributed by atoms with E-state index in [1.54, 1.807) is 19.6 Å². The molecule has 3 fully saturated rings. The Morgan fingerprint density at radius 2 is 2.00 bits per heavy atom. The number of aromatic nitrogens is 3. The molecule has 0 bridgehead atoms. The maximum absolute atomic E-state index is 14.8. The Labute approximate surface area is 276 Å². The number of aromatic amines is 1. The first-order valence-corrected chi connectivity index (χ1v) is 17.6. The van der Waals surface area contributed by atoms with E-state index in [4.69, 9.17) is 9.47 Å². The number of morpholine rings is 1. The summed E-state index contributed by atoms with van der Waals surface area (Å²) in [5, 5.41) is 4.13. The van der Waals surface area contributed by atoms with Gasteiger partial charge in [0.1, 0.15) is 5.75 Å². The monoisotopic (exact) mass is 644 g/mol. The van der Waals surface area contributed by atoms with Crippen LogP contribution in [0.5, 0.6) is 5.75 Å². The number of piperidine rings is 1. The van der Waals surface area contributed by atoms with Crippen molar-refractivity contribution in [2.45, 2.75) is 76.3 Å². The lowest BCUT2D eigenvalue weighted by atomic mass is 9.64. The number of nitrogens with zero attached hydrogens (tertiary/aromatic N) is 4. The van der Waals surface area contributed by atoms with E-state index in [9.17, 15) is 14.4 Å². The summed E-state index contributed by atoms with van der Waals surface area (Å²) in [4.78, 5) is 54.5. The first-order valence-electron chi connectivity index (χ1n) is 17.6. The molecule has 11 heteroatoms. The molecule has 47 heavy (non-hydrogen) atoms. The van der Waals surface area contributed by atoms with E-state index in [1.165, 1.54) is 31.2 Å². The molecule has 3 aromatic rings. The van der Waals surface area contributed by atoms with Crippen LogP contribution < -0.4 is 10.1 Å². The number of ether oxygens (including phenoxy) is 2. The summed E-state index contributed by atoms with van der Waals surface area (Å²) in [6, 6.07) is 6.08. The molecule has 1 unspecified atom stereocenters. The quantitative estimate of drug-likeness (QED) is 0.304. The zero-order chi connectivity index (χ0) is 32.4. The molecule has 1 saturated carbocycles. The topological polar surface area (TPSA) is 122 Å². The van der Waals surface area contributed by atoms with Gasteiger partial charge in [-0.05, 0) is 61.8 Å².